The molecule has 1 heterocycles. The molecule has 1 fully saturated rings. The zero-order valence-corrected chi connectivity index (χ0v) is 11.6. The van der Waals surface area contributed by atoms with Crippen LogP contribution in [-0.2, 0) is 4.79 Å². The van der Waals surface area contributed by atoms with Gasteiger partial charge in [0.15, 0.2) is 0 Å². The van der Waals surface area contributed by atoms with Gasteiger partial charge in [-0.3, -0.25) is 4.79 Å². The maximum Gasteiger partial charge on any atom is 0.223 e. The molecule has 0 saturated heterocycles. The highest BCUT2D eigenvalue weighted by molar-refractivity contribution is 6.35. The summed E-state index contributed by atoms with van der Waals surface area (Å²) in [7, 11) is 0. The van der Waals surface area contributed by atoms with E-state index in [1.165, 1.54) is 6.20 Å². The van der Waals surface area contributed by atoms with E-state index in [4.69, 9.17) is 23.2 Å². The van der Waals surface area contributed by atoms with Crippen molar-refractivity contribution in [2.75, 3.05) is 18.4 Å². The van der Waals surface area contributed by atoms with Crippen molar-refractivity contribution in [1.29, 1.82) is 0 Å². The van der Waals surface area contributed by atoms with Crippen LogP contribution in [0.3, 0.4) is 0 Å². The van der Waals surface area contributed by atoms with Crippen molar-refractivity contribution < 1.29 is 4.79 Å². The van der Waals surface area contributed by atoms with Gasteiger partial charge in [-0.25, -0.2) is 4.98 Å². The second-order valence-electron chi connectivity index (χ2n) is 4.52. The van der Waals surface area contributed by atoms with Gasteiger partial charge in [-0.05, 0) is 18.4 Å². The summed E-state index contributed by atoms with van der Waals surface area (Å²) >= 11 is 11.7. The van der Waals surface area contributed by atoms with Crippen LogP contribution in [0.25, 0.3) is 0 Å². The molecule has 2 N–H and O–H groups in total. The molecule has 4 nitrogen and oxygen atoms in total. The molecule has 0 aliphatic heterocycles. The number of anilines is 1. The van der Waals surface area contributed by atoms with E-state index in [2.05, 4.69) is 22.5 Å². The zero-order chi connectivity index (χ0) is 13.1. The van der Waals surface area contributed by atoms with Gasteiger partial charge in [-0.15, -0.1) is 0 Å². The van der Waals surface area contributed by atoms with Crippen molar-refractivity contribution in [1.82, 2.24) is 10.3 Å². The van der Waals surface area contributed by atoms with Gasteiger partial charge in [-0.1, -0.05) is 30.1 Å². The third-order valence-electron chi connectivity index (χ3n) is 2.97. The highest BCUT2D eigenvalue weighted by Gasteiger charge is 2.38. The summed E-state index contributed by atoms with van der Waals surface area (Å²) in [5.41, 5.74) is 0. The first-order valence-electron chi connectivity index (χ1n) is 5.90. The maximum absolute atomic E-state index is 11.5. The van der Waals surface area contributed by atoms with Crippen LogP contribution in [0.15, 0.2) is 12.3 Å². The summed E-state index contributed by atoms with van der Waals surface area (Å²) in [6.45, 7) is 3.23. The van der Waals surface area contributed by atoms with E-state index in [1.807, 2.05) is 0 Å². The van der Waals surface area contributed by atoms with Crippen molar-refractivity contribution in [3.8, 4) is 0 Å². The molecule has 1 aliphatic carbocycles. The lowest BCUT2D eigenvalue weighted by molar-refractivity contribution is -0.122. The van der Waals surface area contributed by atoms with Crippen LogP contribution in [0.2, 0.25) is 10.0 Å². The van der Waals surface area contributed by atoms with E-state index in [0.29, 0.717) is 34.9 Å². The number of halogens is 2. The van der Waals surface area contributed by atoms with Crippen molar-refractivity contribution in [2.24, 2.45) is 11.8 Å². The molecule has 0 bridgehead atoms. The first-order valence-corrected chi connectivity index (χ1v) is 6.66. The number of pyridine rings is 1. The lowest BCUT2D eigenvalue weighted by atomic mass is 10.3. The molecule has 0 spiro atoms. The summed E-state index contributed by atoms with van der Waals surface area (Å²) in [6.07, 6.45) is 2.53. The predicted octanol–water partition coefficient (Wildman–Crippen LogP) is 2.57. The van der Waals surface area contributed by atoms with E-state index < -0.39 is 0 Å². The smallest absolute Gasteiger partial charge is 0.223 e. The number of carbonyl (C=O) groups excluding carboxylic acids is 1. The van der Waals surface area contributed by atoms with Gasteiger partial charge < -0.3 is 10.6 Å². The number of hydrogen-bond donors (Lipinski definition) is 2. The van der Waals surface area contributed by atoms with Gasteiger partial charge in [0, 0.05) is 25.2 Å². The number of rotatable bonds is 5. The SMILES string of the molecule is CC1CC1C(=O)NCCNc1ncc(Cl)cc1Cl. The Kier molecular flexibility index (Phi) is 4.30. The Labute approximate surface area is 116 Å². The molecular formula is C12H15Cl2N3O. The number of aromatic nitrogens is 1. The summed E-state index contributed by atoms with van der Waals surface area (Å²) in [5.74, 6) is 1.46. The average Bonchev–Trinajstić information content (AvgIpc) is 3.04. The molecule has 0 radical (unpaired) electrons. The highest BCUT2D eigenvalue weighted by Crippen LogP contribution is 2.37. The molecule has 18 heavy (non-hydrogen) atoms. The standard InChI is InChI=1S/C12H15Cl2N3O/c1-7-4-9(7)12(18)16-3-2-15-11-10(14)5-8(13)6-17-11/h5-7,9H,2-4H2,1H3,(H,15,17)(H,16,18). The normalized spacial score (nSPS) is 21.5. The molecule has 2 rings (SSSR count). The Morgan fingerprint density at radius 2 is 2.22 bits per heavy atom. The molecule has 98 valence electrons. The molecule has 1 aromatic heterocycles. The van der Waals surface area contributed by atoms with Gasteiger partial charge in [-0.2, -0.15) is 0 Å². The third kappa shape index (κ3) is 3.50. The molecule has 1 saturated carbocycles. The number of hydrogen-bond acceptors (Lipinski definition) is 3. The Morgan fingerprint density at radius 1 is 1.50 bits per heavy atom. The molecule has 2 unspecified atom stereocenters. The van der Waals surface area contributed by atoms with Crippen LogP contribution in [0.5, 0.6) is 0 Å². The minimum absolute atomic E-state index is 0.138. The largest absolute Gasteiger partial charge is 0.367 e. The predicted molar refractivity (Wildman–Crippen MR) is 73.0 cm³/mol. The van der Waals surface area contributed by atoms with E-state index in [9.17, 15) is 4.79 Å². The van der Waals surface area contributed by atoms with Gasteiger partial charge in [0.25, 0.3) is 0 Å². The van der Waals surface area contributed by atoms with Crippen molar-refractivity contribution >= 4 is 34.9 Å². The molecule has 0 aromatic carbocycles. The number of amides is 1. The monoisotopic (exact) mass is 287 g/mol. The van der Waals surface area contributed by atoms with E-state index in [1.54, 1.807) is 6.07 Å². The van der Waals surface area contributed by atoms with Crippen molar-refractivity contribution in [3.63, 3.8) is 0 Å². The fourth-order valence-electron chi connectivity index (χ4n) is 1.73. The number of carbonyl (C=O) groups is 1. The Bertz CT molecular complexity index is 453. The second-order valence-corrected chi connectivity index (χ2v) is 5.36. The van der Waals surface area contributed by atoms with Crippen molar-refractivity contribution in [2.45, 2.75) is 13.3 Å². The van der Waals surface area contributed by atoms with E-state index in [0.717, 1.165) is 6.42 Å². The van der Waals surface area contributed by atoms with Gasteiger partial charge in [0.1, 0.15) is 5.82 Å². The van der Waals surface area contributed by atoms with E-state index in [-0.39, 0.29) is 11.8 Å². The highest BCUT2D eigenvalue weighted by atomic mass is 35.5. The quantitative estimate of drug-likeness (QED) is 0.819. The van der Waals surface area contributed by atoms with Crippen molar-refractivity contribution in [3.05, 3.63) is 22.3 Å². The van der Waals surface area contributed by atoms with Gasteiger partial charge in [0.05, 0.1) is 10.0 Å². The summed E-state index contributed by atoms with van der Waals surface area (Å²) in [4.78, 5) is 15.6. The molecule has 1 aliphatic rings. The van der Waals surface area contributed by atoms with E-state index >= 15 is 0 Å². The van der Waals surface area contributed by atoms with Gasteiger partial charge in [0.2, 0.25) is 5.91 Å². The van der Waals surface area contributed by atoms with Crippen LogP contribution in [0.1, 0.15) is 13.3 Å². The van der Waals surface area contributed by atoms with Gasteiger partial charge >= 0.3 is 0 Å². The summed E-state index contributed by atoms with van der Waals surface area (Å²) < 4.78 is 0. The fraction of sp³-hybridized carbons (Fsp3) is 0.500. The lowest BCUT2D eigenvalue weighted by Crippen LogP contribution is -2.30. The number of nitrogens with one attached hydrogen (secondary N) is 2. The Hall–Kier alpha value is -1.000. The van der Waals surface area contributed by atoms with Crippen LogP contribution in [0, 0.1) is 11.8 Å². The third-order valence-corrected chi connectivity index (χ3v) is 3.47. The summed E-state index contributed by atoms with van der Waals surface area (Å²) in [5, 5.41) is 6.91. The first kappa shape index (κ1) is 13.4. The molecular weight excluding hydrogens is 273 g/mol. The summed E-state index contributed by atoms with van der Waals surface area (Å²) in [6, 6.07) is 1.63. The Morgan fingerprint density at radius 3 is 2.83 bits per heavy atom. The first-order chi connectivity index (χ1) is 8.58. The lowest BCUT2D eigenvalue weighted by Gasteiger charge is -2.08. The minimum atomic E-state index is 0.138. The topological polar surface area (TPSA) is 54.0 Å². The van der Waals surface area contributed by atoms with Crippen LogP contribution < -0.4 is 10.6 Å². The molecule has 2 atom stereocenters. The molecule has 6 heteroatoms. The zero-order valence-electron chi connectivity index (χ0n) is 10.0. The van der Waals surface area contributed by atoms with Crippen LogP contribution in [0.4, 0.5) is 5.82 Å². The Balaban J connectivity index is 1.70. The maximum atomic E-state index is 11.5. The fourth-order valence-corrected chi connectivity index (χ4v) is 2.18. The van der Waals surface area contributed by atoms with Crippen LogP contribution in [-0.4, -0.2) is 24.0 Å². The number of nitrogens with zero attached hydrogens (tertiary/aromatic N) is 1. The average molecular weight is 288 g/mol. The molecule has 1 aromatic rings. The second kappa shape index (κ2) is 5.76. The van der Waals surface area contributed by atoms with Crippen LogP contribution >= 0.6 is 23.2 Å². The molecule has 1 amide bonds. The minimum Gasteiger partial charge on any atom is -0.367 e.